The quantitative estimate of drug-likeness (QED) is 0.801. The number of aryl methyl sites for hydroxylation is 1. The summed E-state index contributed by atoms with van der Waals surface area (Å²) in [4.78, 5) is 0.0517. The molecule has 1 saturated heterocycles. The number of halogens is 1. The van der Waals surface area contributed by atoms with E-state index in [0.29, 0.717) is 18.7 Å². The molecule has 2 fully saturated rings. The highest BCUT2D eigenvalue weighted by Gasteiger charge is 2.46. The zero-order chi connectivity index (χ0) is 15.4. The second-order valence-electron chi connectivity index (χ2n) is 6.03. The van der Waals surface area contributed by atoms with Gasteiger partial charge in [0.15, 0.2) is 0 Å². The molecule has 0 spiro atoms. The molecular weight excluding hydrogens is 295 g/mol. The summed E-state index contributed by atoms with van der Waals surface area (Å²) in [6, 6.07) is 2.33. The molecular formula is C14H19FN2O3S. The Hall–Kier alpha value is -1.18. The molecule has 3 atom stereocenters. The zero-order valence-electron chi connectivity index (χ0n) is 11.8. The number of aliphatic hydroxyl groups excluding tert-OH is 1. The number of hydrogen-bond acceptors (Lipinski definition) is 4. The monoisotopic (exact) mass is 314 g/mol. The Morgan fingerprint density at radius 3 is 2.71 bits per heavy atom. The van der Waals surface area contributed by atoms with Crippen LogP contribution in [0.4, 0.5) is 10.1 Å². The fourth-order valence-electron chi connectivity index (χ4n) is 3.48. The highest BCUT2D eigenvalue weighted by atomic mass is 32.2. The summed E-state index contributed by atoms with van der Waals surface area (Å²) in [5.41, 5.74) is 5.68. The van der Waals surface area contributed by atoms with Gasteiger partial charge in [0.05, 0.1) is 16.7 Å². The van der Waals surface area contributed by atoms with Crippen LogP contribution >= 0.6 is 0 Å². The Bertz CT molecular complexity index is 677. The number of hydrogen-bond donors (Lipinski definition) is 2. The van der Waals surface area contributed by atoms with Gasteiger partial charge in [0.1, 0.15) is 5.82 Å². The third-order valence-corrected chi connectivity index (χ3v) is 6.67. The van der Waals surface area contributed by atoms with Gasteiger partial charge in [-0.25, -0.2) is 12.8 Å². The lowest BCUT2D eigenvalue weighted by Crippen LogP contribution is -2.31. The lowest BCUT2D eigenvalue weighted by molar-refractivity contribution is 0.129. The van der Waals surface area contributed by atoms with Crippen molar-refractivity contribution in [2.24, 2.45) is 11.8 Å². The number of rotatable bonds is 2. The second kappa shape index (κ2) is 4.93. The van der Waals surface area contributed by atoms with Crippen molar-refractivity contribution < 1.29 is 17.9 Å². The van der Waals surface area contributed by atoms with Crippen LogP contribution in [0.5, 0.6) is 0 Å². The number of aliphatic hydroxyl groups is 1. The minimum absolute atomic E-state index is 0.0119. The number of sulfonamides is 1. The summed E-state index contributed by atoms with van der Waals surface area (Å²) in [6.07, 6.45) is 1.17. The summed E-state index contributed by atoms with van der Waals surface area (Å²) in [5.74, 6) is -0.383. The van der Waals surface area contributed by atoms with Gasteiger partial charge >= 0.3 is 0 Å². The lowest BCUT2D eigenvalue weighted by atomic mass is 10.00. The van der Waals surface area contributed by atoms with Crippen LogP contribution in [-0.2, 0) is 10.0 Å². The van der Waals surface area contributed by atoms with Crippen LogP contribution in [0.25, 0.3) is 0 Å². The van der Waals surface area contributed by atoms with E-state index >= 15 is 0 Å². The molecule has 3 N–H and O–H groups in total. The van der Waals surface area contributed by atoms with E-state index in [-0.39, 0.29) is 22.4 Å². The highest BCUT2D eigenvalue weighted by molar-refractivity contribution is 7.89. The van der Waals surface area contributed by atoms with Crippen molar-refractivity contribution in [1.82, 2.24) is 4.31 Å². The molecule has 7 heteroatoms. The molecule has 116 valence electrons. The maximum atomic E-state index is 13.4. The molecule has 3 rings (SSSR count). The number of nitrogen functional groups attached to an aromatic ring is 1. The van der Waals surface area contributed by atoms with Gasteiger partial charge in [-0.15, -0.1) is 0 Å². The molecule has 0 amide bonds. The average Bonchev–Trinajstić information content (AvgIpc) is 2.97. The molecule has 2 aliphatic rings. The van der Waals surface area contributed by atoms with Gasteiger partial charge in [0.25, 0.3) is 0 Å². The molecule has 5 nitrogen and oxygen atoms in total. The van der Waals surface area contributed by atoms with E-state index in [1.807, 2.05) is 0 Å². The minimum Gasteiger partial charge on any atom is -0.396 e. The van der Waals surface area contributed by atoms with Crippen molar-refractivity contribution in [1.29, 1.82) is 0 Å². The van der Waals surface area contributed by atoms with Crippen molar-refractivity contribution in [2.75, 3.05) is 18.8 Å². The smallest absolute Gasteiger partial charge is 0.243 e. The number of nitrogens with two attached hydrogens (primary N) is 1. The lowest BCUT2D eigenvalue weighted by Gasteiger charge is -2.20. The van der Waals surface area contributed by atoms with E-state index in [2.05, 4.69) is 0 Å². The first-order valence-electron chi connectivity index (χ1n) is 7.04. The Balaban J connectivity index is 1.94. The van der Waals surface area contributed by atoms with Gasteiger partial charge in [-0.3, -0.25) is 0 Å². The van der Waals surface area contributed by atoms with Crippen LogP contribution in [0.1, 0.15) is 18.4 Å². The van der Waals surface area contributed by atoms with Crippen molar-refractivity contribution in [2.45, 2.75) is 30.8 Å². The van der Waals surface area contributed by atoms with Gasteiger partial charge in [0, 0.05) is 19.0 Å². The number of anilines is 1. The van der Waals surface area contributed by atoms with E-state index in [4.69, 9.17) is 5.73 Å². The topological polar surface area (TPSA) is 83.6 Å². The van der Waals surface area contributed by atoms with Crippen molar-refractivity contribution in [3.63, 3.8) is 0 Å². The number of benzene rings is 1. The van der Waals surface area contributed by atoms with Gasteiger partial charge in [0.2, 0.25) is 10.0 Å². The predicted octanol–water partition coefficient (Wildman–Crippen LogP) is 1.11. The molecule has 1 aliphatic carbocycles. The van der Waals surface area contributed by atoms with Crippen LogP contribution in [0.15, 0.2) is 17.0 Å². The second-order valence-corrected chi connectivity index (χ2v) is 7.94. The van der Waals surface area contributed by atoms with Crippen LogP contribution in [0.3, 0.4) is 0 Å². The van der Waals surface area contributed by atoms with Crippen molar-refractivity contribution in [3.05, 3.63) is 23.5 Å². The zero-order valence-corrected chi connectivity index (χ0v) is 12.6. The normalized spacial score (nSPS) is 29.8. The maximum Gasteiger partial charge on any atom is 0.243 e. The van der Waals surface area contributed by atoms with Gasteiger partial charge in [-0.1, -0.05) is 0 Å². The molecule has 1 saturated carbocycles. The molecule has 1 aromatic carbocycles. The van der Waals surface area contributed by atoms with Gasteiger partial charge < -0.3 is 10.8 Å². The largest absolute Gasteiger partial charge is 0.396 e. The van der Waals surface area contributed by atoms with E-state index < -0.39 is 21.9 Å². The van der Waals surface area contributed by atoms with Crippen molar-refractivity contribution in [3.8, 4) is 0 Å². The average molecular weight is 314 g/mol. The minimum atomic E-state index is -3.70. The highest BCUT2D eigenvalue weighted by Crippen LogP contribution is 2.40. The molecule has 1 aliphatic heterocycles. The molecule has 0 bridgehead atoms. The molecule has 3 unspecified atom stereocenters. The van der Waals surface area contributed by atoms with E-state index in [1.165, 1.54) is 10.4 Å². The summed E-state index contributed by atoms with van der Waals surface area (Å²) in [6.45, 7) is 2.30. The van der Waals surface area contributed by atoms with E-state index in [9.17, 15) is 17.9 Å². The first kappa shape index (κ1) is 14.7. The molecule has 1 aromatic rings. The molecule has 21 heavy (non-hydrogen) atoms. The third-order valence-electron chi connectivity index (χ3n) is 4.70. The van der Waals surface area contributed by atoms with Crippen LogP contribution in [-0.4, -0.2) is 37.0 Å². The third kappa shape index (κ3) is 2.33. The SMILES string of the molecule is Cc1cc(F)c(N)cc1S(=O)(=O)N1CC2CCC(O)C2C1. The standard InChI is InChI=1S/C14H19FN2O3S/c1-8-4-11(15)12(16)5-14(8)21(19,20)17-6-9-2-3-13(18)10(9)7-17/h4-5,9-10,13,18H,2-3,6-7,16H2,1H3. The summed E-state index contributed by atoms with van der Waals surface area (Å²) in [5, 5.41) is 9.90. The Labute approximate surface area is 123 Å². The molecule has 1 heterocycles. The van der Waals surface area contributed by atoms with Gasteiger partial charge in [-0.05, 0) is 43.4 Å². The Morgan fingerprint density at radius 2 is 2.05 bits per heavy atom. The van der Waals surface area contributed by atoms with E-state index in [0.717, 1.165) is 18.9 Å². The molecule has 0 aromatic heterocycles. The fraction of sp³-hybridized carbons (Fsp3) is 0.571. The van der Waals surface area contributed by atoms with Gasteiger partial charge in [-0.2, -0.15) is 4.31 Å². The summed E-state index contributed by atoms with van der Waals surface area (Å²) >= 11 is 0. The number of fused-ring (bicyclic) bond motifs is 1. The Kier molecular flexibility index (Phi) is 3.46. The van der Waals surface area contributed by atoms with Crippen LogP contribution < -0.4 is 5.73 Å². The maximum absolute atomic E-state index is 13.4. The predicted molar refractivity (Wildman–Crippen MR) is 76.5 cm³/mol. The van der Waals surface area contributed by atoms with Crippen molar-refractivity contribution >= 4 is 15.7 Å². The van der Waals surface area contributed by atoms with Crippen LogP contribution in [0, 0.1) is 24.6 Å². The van der Waals surface area contributed by atoms with E-state index in [1.54, 1.807) is 6.92 Å². The fourth-order valence-corrected chi connectivity index (χ4v) is 5.25. The summed E-state index contributed by atoms with van der Waals surface area (Å²) < 4.78 is 40.2. The number of nitrogens with zero attached hydrogens (tertiary/aromatic N) is 1. The first-order valence-corrected chi connectivity index (χ1v) is 8.48. The first-order chi connectivity index (χ1) is 9.80. The van der Waals surface area contributed by atoms with Crippen LogP contribution in [0.2, 0.25) is 0 Å². The molecule has 0 radical (unpaired) electrons. The Morgan fingerprint density at radius 1 is 1.33 bits per heavy atom. The summed E-state index contributed by atoms with van der Waals surface area (Å²) in [7, 11) is -3.70.